The molecular weight excluding hydrogens is 268 g/mol. The minimum atomic E-state index is 0.190. The second-order valence-corrected chi connectivity index (χ2v) is 8.05. The normalized spacial score (nSPS) is 14.2. The van der Waals surface area contributed by atoms with Crippen molar-refractivity contribution in [3.63, 3.8) is 0 Å². The molecule has 0 spiro atoms. The lowest BCUT2D eigenvalue weighted by Crippen LogP contribution is -2.68. The Balaban J connectivity index is 5.62. The van der Waals surface area contributed by atoms with Crippen LogP contribution in [0.25, 0.3) is 0 Å². The van der Waals surface area contributed by atoms with Crippen LogP contribution in [0.15, 0.2) is 0 Å². The van der Waals surface area contributed by atoms with Crippen molar-refractivity contribution in [1.82, 2.24) is 5.32 Å². The standard InChI is InChI=1S/C16H37NP2/c1-11(2)15(9-18,12(3)4)17-16(10-19,13(5)6)14(7)8/h11-14,17H,9-10,18-19H2,1-8H3. The summed E-state index contributed by atoms with van der Waals surface area (Å²) in [6.45, 7) is 18.8. The van der Waals surface area contributed by atoms with E-state index in [2.05, 4.69) is 79.2 Å². The van der Waals surface area contributed by atoms with Crippen molar-refractivity contribution < 1.29 is 0 Å². The Hall–Kier alpha value is 0.820. The van der Waals surface area contributed by atoms with E-state index in [1.165, 1.54) is 0 Å². The van der Waals surface area contributed by atoms with E-state index in [9.17, 15) is 0 Å². The maximum absolute atomic E-state index is 4.14. The first-order chi connectivity index (χ1) is 8.60. The van der Waals surface area contributed by atoms with E-state index >= 15 is 0 Å². The van der Waals surface area contributed by atoms with Crippen LogP contribution in [0.4, 0.5) is 0 Å². The first-order valence-corrected chi connectivity index (χ1v) is 9.43. The van der Waals surface area contributed by atoms with Crippen LogP contribution in [0.1, 0.15) is 55.4 Å². The predicted octanol–water partition coefficient (Wildman–Crippen LogP) is 4.43. The third-order valence-corrected chi connectivity index (χ3v) is 6.61. The summed E-state index contributed by atoms with van der Waals surface area (Å²) in [4.78, 5) is 0. The van der Waals surface area contributed by atoms with Gasteiger partial charge < -0.3 is 5.32 Å². The van der Waals surface area contributed by atoms with Gasteiger partial charge in [-0.1, -0.05) is 55.4 Å². The summed E-state index contributed by atoms with van der Waals surface area (Å²) >= 11 is 0. The van der Waals surface area contributed by atoms with Crippen molar-refractivity contribution in [2.45, 2.75) is 66.5 Å². The van der Waals surface area contributed by atoms with Crippen LogP contribution in [-0.2, 0) is 0 Å². The van der Waals surface area contributed by atoms with Gasteiger partial charge >= 0.3 is 0 Å². The molecule has 0 aliphatic carbocycles. The van der Waals surface area contributed by atoms with E-state index < -0.39 is 0 Å². The Labute approximate surface area is 126 Å². The van der Waals surface area contributed by atoms with E-state index in [1.54, 1.807) is 0 Å². The van der Waals surface area contributed by atoms with Gasteiger partial charge in [0.05, 0.1) is 0 Å². The lowest BCUT2D eigenvalue weighted by molar-refractivity contribution is 0.0780. The second-order valence-electron chi connectivity index (χ2n) is 7.23. The van der Waals surface area contributed by atoms with Crippen molar-refractivity contribution in [3.05, 3.63) is 0 Å². The lowest BCUT2D eigenvalue weighted by atomic mass is 9.71. The van der Waals surface area contributed by atoms with Gasteiger partial charge in [0.15, 0.2) is 0 Å². The molecule has 0 radical (unpaired) electrons. The molecule has 3 heteroatoms. The van der Waals surface area contributed by atoms with Gasteiger partial charge in [0, 0.05) is 11.1 Å². The summed E-state index contributed by atoms with van der Waals surface area (Å²) < 4.78 is 0. The molecule has 1 nitrogen and oxygen atoms in total. The SMILES string of the molecule is CC(C)C(CP)(NC(CP)(C(C)C)C(C)C)C(C)C. The maximum atomic E-state index is 4.14. The lowest BCUT2D eigenvalue weighted by Gasteiger charge is -2.53. The topological polar surface area (TPSA) is 12.0 Å². The minimum Gasteiger partial charge on any atom is -0.304 e. The summed E-state index contributed by atoms with van der Waals surface area (Å²) in [7, 11) is 5.96. The molecule has 0 aromatic heterocycles. The molecule has 0 saturated carbocycles. The summed E-state index contributed by atoms with van der Waals surface area (Å²) in [6.07, 6.45) is 2.21. The molecule has 19 heavy (non-hydrogen) atoms. The number of hydrogen-bond donors (Lipinski definition) is 1. The highest BCUT2D eigenvalue weighted by Crippen LogP contribution is 2.37. The van der Waals surface area contributed by atoms with Crippen molar-refractivity contribution in [2.75, 3.05) is 12.3 Å². The average Bonchev–Trinajstić information content (AvgIpc) is 2.29. The van der Waals surface area contributed by atoms with Crippen molar-refractivity contribution in [3.8, 4) is 0 Å². The number of hydrogen-bond acceptors (Lipinski definition) is 1. The second kappa shape index (κ2) is 7.72. The molecule has 0 heterocycles. The molecule has 0 aliphatic rings. The summed E-state index contributed by atoms with van der Waals surface area (Å²) in [6, 6.07) is 0. The number of rotatable bonds is 8. The molecule has 0 aliphatic heterocycles. The van der Waals surface area contributed by atoms with E-state index in [4.69, 9.17) is 0 Å². The predicted molar refractivity (Wildman–Crippen MR) is 97.1 cm³/mol. The van der Waals surface area contributed by atoms with Crippen molar-refractivity contribution in [2.24, 2.45) is 23.7 Å². The third kappa shape index (κ3) is 3.93. The zero-order valence-corrected chi connectivity index (χ0v) is 16.7. The van der Waals surface area contributed by atoms with Crippen molar-refractivity contribution >= 4 is 18.5 Å². The monoisotopic (exact) mass is 305 g/mol. The van der Waals surface area contributed by atoms with Crippen LogP contribution >= 0.6 is 18.5 Å². The highest BCUT2D eigenvalue weighted by Gasteiger charge is 2.45. The zero-order valence-electron chi connectivity index (χ0n) is 14.4. The fourth-order valence-corrected chi connectivity index (χ4v) is 5.48. The molecule has 0 amide bonds. The van der Waals surface area contributed by atoms with Gasteiger partial charge in [-0.3, -0.25) is 0 Å². The summed E-state index contributed by atoms with van der Waals surface area (Å²) in [5.41, 5.74) is 0.381. The Morgan fingerprint density at radius 3 is 0.947 bits per heavy atom. The Kier molecular flexibility index (Phi) is 8.06. The van der Waals surface area contributed by atoms with Gasteiger partial charge in [-0.2, -0.15) is 0 Å². The smallest absolute Gasteiger partial charge is 0.0267 e. The van der Waals surface area contributed by atoms with Gasteiger partial charge in [0.1, 0.15) is 0 Å². The van der Waals surface area contributed by atoms with Crippen LogP contribution in [0.3, 0.4) is 0 Å². The molecule has 116 valence electrons. The fraction of sp³-hybridized carbons (Fsp3) is 1.00. The molecule has 0 rings (SSSR count). The Morgan fingerprint density at radius 2 is 0.842 bits per heavy atom. The van der Waals surface area contributed by atoms with Gasteiger partial charge in [-0.05, 0) is 36.0 Å². The Morgan fingerprint density at radius 1 is 0.632 bits per heavy atom. The molecule has 0 saturated heterocycles. The van der Waals surface area contributed by atoms with Gasteiger partial charge in [-0.25, -0.2) is 0 Å². The first-order valence-electron chi connectivity index (χ1n) is 7.80. The quantitative estimate of drug-likeness (QED) is 0.654. The van der Waals surface area contributed by atoms with Crippen LogP contribution in [0, 0.1) is 23.7 Å². The van der Waals surface area contributed by atoms with Crippen LogP contribution in [0.5, 0.6) is 0 Å². The first kappa shape index (κ1) is 19.8. The molecule has 2 atom stereocenters. The van der Waals surface area contributed by atoms with E-state index in [0.29, 0.717) is 23.7 Å². The van der Waals surface area contributed by atoms with Crippen LogP contribution in [-0.4, -0.2) is 23.4 Å². The molecule has 0 aromatic rings. The van der Waals surface area contributed by atoms with Gasteiger partial charge in [-0.15, -0.1) is 18.5 Å². The maximum Gasteiger partial charge on any atom is 0.0267 e. The van der Waals surface area contributed by atoms with Gasteiger partial charge in [0.25, 0.3) is 0 Å². The molecule has 0 bridgehead atoms. The molecule has 0 aromatic carbocycles. The van der Waals surface area contributed by atoms with E-state index in [-0.39, 0.29) is 11.1 Å². The van der Waals surface area contributed by atoms with E-state index in [0.717, 1.165) is 12.3 Å². The van der Waals surface area contributed by atoms with Crippen molar-refractivity contribution in [1.29, 1.82) is 0 Å². The highest BCUT2D eigenvalue weighted by molar-refractivity contribution is 7.16. The highest BCUT2D eigenvalue weighted by atomic mass is 31.0. The zero-order chi connectivity index (χ0) is 15.4. The largest absolute Gasteiger partial charge is 0.304 e. The average molecular weight is 305 g/mol. The Bertz CT molecular complexity index is 217. The van der Waals surface area contributed by atoms with Crippen LogP contribution < -0.4 is 5.32 Å². The van der Waals surface area contributed by atoms with Gasteiger partial charge in [0.2, 0.25) is 0 Å². The molecule has 2 unspecified atom stereocenters. The summed E-state index contributed by atoms with van der Waals surface area (Å²) in [5.74, 6) is 2.49. The summed E-state index contributed by atoms with van der Waals surface area (Å²) in [5, 5.41) is 4.14. The molecular formula is C16H37NP2. The minimum absolute atomic E-state index is 0.190. The number of nitrogens with one attached hydrogen (secondary N) is 1. The van der Waals surface area contributed by atoms with Crippen LogP contribution in [0.2, 0.25) is 0 Å². The fourth-order valence-electron chi connectivity index (χ4n) is 3.39. The van der Waals surface area contributed by atoms with E-state index in [1.807, 2.05) is 0 Å². The third-order valence-electron chi connectivity index (χ3n) is 5.26. The molecule has 1 N–H and O–H groups in total. The molecule has 0 fully saturated rings.